The highest BCUT2D eigenvalue weighted by molar-refractivity contribution is 5.77. The molecule has 57 atom stereocenters. The predicted molar refractivity (Wildman–Crippen MR) is 453 cm³/mol. The normalized spacial score (nSPS) is 47.5. The van der Waals surface area contributed by atoms with Crippen LogP contribution in [-0.2, 0) is 128 Å². The minimum absolute atomic E-state index is 0.671. The summed E-state index contributed by atoms with van der Waals surface area (Å²) in [6.07, 6.45) is -107. The molecule has 0 spiro atoms. The van der Waals surface area contributed by atoms with Gasteiger partial charge in [-0.2, -0.15) is 0 Å². The van der Waals surface area contributed by atoms with E-state index in [1.54, 1.807) is 0 Å². The molecule has 0 saturated carbocycles. The molecule has 0 aromatic rings. The zero-order chi connectivity index (χ0) is 108. The van der Waals surface area contributed by atoms with Crippen molar-refractivity contribution in [2.45, 2.75) is 398 Å². The van der Waals surface area contributed by atoms with Gasteiger partial charge in [-0.15, -0.1) is 0 Å². The lowest BCUT2D eigenvalue weighted by Crippen LogP contribution is -2.71. The zero-order valence-electron chi connectivity index (χ0n) is 79.3. The molecule has 146 heavy (non-hydrogen) atoms. The molecule has 11 heterocycles. The van der Waals surface area contributed by atoms with E-state index in [0.29, 0.717) is 0 Å². The molecule has 11 rings (SSSR count). The van der Waals surface area contributed by atoms with Gasteiger partial charge in [-0.3, -0.25) is 19.2 Å². The molecule has 11 fully saturated rings. The molecule has 11 aliphatic rings. The number of hydrogen-bond donors (Lipinski definition) is 36. The first-order chi connectivity index (χ1) is 68.7. The van der Waals surface area contributed by atoms with Gasteiger partial charge >= 0.3 is 11.9 Å². The van der Waals surface area contributed by atoms with Crippen LogP contribution >= 0.6 is 0 Å². The lowest BCUT2D eigenvalue weighted by atomic mass is 9.84. The number of hydrogen-bond acceptors (Lipinski definition) is 57. The largest absolute Gasteiger partial charge is 0.477 e. The predicted octanol–water partition coefficient (Wildman–Crippen LogP) is -22.4. The van der Waals surface area contributed by atoms with Crippen LogP contribution in [0.2, 0.25) is 0 Å². The van der Waals surface area contributed by atoms with Crippen molar-refractivity contribution in [2.75, 3.05) is 72.7 Å². The van der Waals surface area contributed by atoms with Crippen molar-refractivity contribution in [2.24, 2.45) is 11.8 Å². The maximum Gasteiger partial charge on any atom is 0.364 e. The summed E-state index contributed by atoms with van der Waals surface area (Å²) in [5, 5.41) is 369. The van der Waals surface area contributed by atoms with Gasteiger partial charge < -0.3 is 284 Å². The highest BCUT2D eigenvalue weighted by atomic mass is 16.8. The number of carboxylic acids is 2. The second-order valence-electron chi connectivity index (χ2n) is 37.8. The van der Waals surface area contributed by atoms with Gasteiger partial charge in [-0.25, -0.2) is 9.59 Å². The summed E-state index contributed by atoms with van der Waals surface area (Å²) in [4.78, 5) is 78.0. The number of rotatable bonds is 41. The third-order valence-corrected chi connectivity index (χ3v) is 27.6. The van der Waals surface area contributed by atoms with E-state index in [-0.39, 0.29) is 0 Å². The Morgan fingerprint density at radius 1 is 0.295 bits per heavy atom. The van der Waals surface area contributed by atoms with Gasteiger partial charge in [0.05, 0.1) is 109 Å². The van der Waals surface area contributed by atoms with Crippen LogP contribution in [0.15, 0.2) is 0 Å². The van der Waals surface area contributed by atoms with E-state index < -0.39 is 469 Å². The van der Waals surface area contributed by atoms with Crippen molar-refractivity contribution in [3.05, 3.63) is 0 Å². The minimum atomic E-state index is -2.96. The Hall–Kier alpha value is -5.22. The third kappa shape index (κ3) is 26.4. The van der Waals surface area contributed by atoms with Gasteiger partial charge in [-0.05, 0) is 6.92 Å². The number of amides is 4. The van der Waals surface area contributed by atoms with E-state index >= 15 is 0 Å². The Bertz CT molecular complexity index is 4140. The monoisotopic (exact) mass is 2130 g/mol. The van der Waals surface area contributed by atoms with Crippen LogP contribution in [0.5, 0.6) is 0 Å². The number of aliphatic hydroxyl groups is 30. The van der Waals surface area contributed by atoms with E-state index in [4.69, 9.17) is 99.5 Å². The molecule has 63 nitrogen and oxygen atoms in total. The Morgan fingerprint density at radius 3 is 0.904 bits per heavy atom. The average Bonchev–Trinajstić information content (AvgIpc) is 0.763. The summed E-state index contributed by atoms with van der Waals surface area (Å²) in [6.45, 7) is -5.15. The summed E-state index contributed by atoms with van der Waals surface area (Å²) < 4.78 is 126. The van der Waals surface area contributed by atoms with Crippen LogP contribution in [0, 0.1) is 11.8 Å². The minimum Gasteiger partial charge on any atom is -0.477 e. The smallest absolute Gasteiger partial charge is 0.364 e. The zero-order valence-corrected chi connectivity index (χ0v) is 79.3. The fourth-order valence-corrected chi connectivity index (χ4v) is 19.2. The topological polar surface area (TPSA) is 992 Å². The van der Waals surface area contributed by atoms with Crippen LogP contribution in [0.25, 0.3) is 0 Å². The fraction of sp³-hybridized carbons (Fsp3) is 0.928. The second kappa shape index (κ2) is 51.9. The van der Waals surface area contributed by atoms with Gasteiger partial charge in [0.25, 0.3) is 11.6 Å². The highest BCUT2D eigenvalue weighted by Crippen LogP contribution is 2.45. The number of carboxylic acid groups (broad SMARTS) is 2. The molecule has 0 aliphatic carbocycles. The summed E-state index contributed by atoms with van der Waals surface area (Å²) >= 11 is 0. The molecule has 36 N–H and O–H groups in total. The van der Waals surface area contributed by atoms with Crippen molar-refractivity contribution < 1.29 is 292 Å². The van der Waals surface area contributed by atoms with E-state index in [2.05, 4.69) is 21.3 Å². The van der Waals surface area contributed by atoms with Gasteiger partial charge in [0.2, 0.25) is 23.6 Å². The van der Waals surface area contributed by atoms with Crippen molar-refractivity contribution in [1.29, 1.82) is 0 Å². The maximum absolute atomic E-state index is 13.3. The van der Waals surface area contributed by atoms with Gasteiger partial charge in [-0.1, -0.05) is 13.8 Å². The second-order valence-corrected chi connectivity index (χ2v) is 37.8. The Morgan fingerprint density at radius 2 is 0.568 bits per heavy atom. The fourth-order valence-electron chi connectivity index (χ4n) is 19.2. The first kappa shape index (κ1) is 121. The average molecular weight is 2140 g/mol. The van der Waals surface area contributed by atoms with Crippen LogP contribution < -0.4 is 21.3 Å². The molecule has 63 heteroatoms. The molecule has 0 bridgehead atoms. The van der Waals surface area contributed by atoms with Crippen LogP contribution in [0.1, 0.15) is 61.3 Å². The molecule has 0 aromatic heterocycles. The maximum atomic E-state index is 13.3. The Balaban J connectivity index is 0.888. The lowest BCUT2D eigenvalue weighted by Gasteiger charge is -2.51. The molecule has 0 aromatic carbocycles. The van der Waals surface area contributed by atoms with Gasteiger partial charge in [0.15, 0.2) is 50.3 Å². The van der Waals surface area contributed by atoms with E-state index in [1.807, 2.05) is 0 Å². The third-order valence-electron chi connectivity index (χ3n) is 27.6. The lowest BCUT2D eigenvalue weighted by molar-refractivity contribution is -0.399. The van der Waals surface area contributed by atoms with Gasteiger partial charge in [0, 0.05) is 52.4 Å². The van der Waals surface area contributed by atoms with Crippen LogP contribution in [-0.4, -0.2) is 608 Å². The summed E-state index contributed by atoms with van der Waals surface area (Å²) in [5.74, 6) is -15.8. The van der Waals surface area contributed by atoms with Crippen molar-refractivity contribution in [1.82, 2.24) is 21.3 Å². The number of carbonyl (C=O) groups excluding carboxylic acids is 4. The van der Waals surface area contributed by atoms with Crippen LogP contribution in [0.4, 0.5) is 0 Å². The Kier molecular flexibility index (Phi) is 43.0. The number of aliphatic carboxylic acids is 2. The standard InChI is InChI=1S/C83H138N4O59/c1-21-28(100)8-82(80(122)123,145-63(21)45(104)30(102)10-88)127-19-39-49(108)56(115)60(119)75(136-39)139-66-35(15-93)133-73(43(54(66)113)86-26(6)98)143-70-58(117)47(106)32(12-90)130-78(70)126-18-38-51(110)69(62(121)77(135-38)141-68-37(17-95)132-72(42(53(68)112)85-25(5)97)138-65-34(14-92)129-23(3)41(52(65)111)84-24(4)96)142-79-71(59(118)48(107)33(13-91)131-79)144-74-44(87-27(7)99)55(114)67(36(16-94)134-74)140-76-61(120)57(116)50(109)40(137-76)20-128-83(81(124)125)9-29(101)22(2)64(146-83)46(105)31(103)11-89/h21-23,28-79,88-95,100-121H,8-20H2,1-7H3,(H,84,96)(H,85,97)(H,86,98)(H,87,99)(H,122,123)(H,124,125)/t21-,22-,23+,28?,29-,30-,31-,32?,33+,34?,35?,36?,37?,38?,39?,40?,41?,42?,43?,44?,45-,46-,47-,48-,49+,50+,51-,52-,53-,54-,55-,56+,57+,58+,59?,60?,61?,62?,63?,64?,65-,66-,67-,68-,69+,70?,71?,72+,73+,74+,75+,76+,77+,78+,79-,82-,83-/m1/s1. The van der Waals surface area contributed by atoms with E-state index in [0.717, 1.165) is 27.7 Å². The summed E-state index contributed by atoms with van der Waals surface area (Å²) in [5.41, 5.74) is 0. The summed E-state index contributed by atoms with van der Waals surface area (Å²) in [6, 6.07) is -7.43. The molecule has 11 aliphatic heterocycles. The van der Waals surface area contributed by atoms with Crippen molar-refractivity contribution in [3.8, 4) is 0 Å². The number of aliphatic hydroxyl groups excluding tert-OH is 30. The number of ether oxygens (including phenoxy) is 21. The quantitative estimate of drug-likeness (QED) is 0.0270. The van der Waals surface area contributed by atoms with Crippen molar-refractivity contribution >= 4 is 35.6 Å². The Labute approximate surface area is 828 Å². The van der Waals surface area contributed by atoms with Crippen LogP contribution in [0.3, 0.4) is 0 Å². The van der Waals surface area contributed by atoms with E-state index in [1.165, 1.54) is 20.8 Å². The van der Waals surface area contributed by atoms with E-state index in [9.17, 15) is 192 Å². The molecule has 0 radical (unpaired) electrons. The van der Waals surface area contributed by atoms with Gasteiger partial charge in [0.1, 0.15) is 238 Å². The first-order valence-electron chi connectivity index (χ1n) is 46.9. The SMILES string of the molecule is CC(=O)NC1[C@H](OC2C(O)[C@H](O)[C@H](CO)O[C@@H]2O[C@@H]2C(O)[C@H](O[C@@H]3C(CO)O[C@@H](O[C@@H]4C(CO)O[C@@H](C)C(NC(C)=O)[C@H]4O)C(NC(C)=O)[C@H]3O)OC(CO[C@H]3OC(CO)[C@@H](O)[C@H](O)C3O[C@@H]3OC(CO)[C@@H](O[C@@H]4OC(CO[C@]5(C(=O)O)CC(O)[C@@H](C)C([C@H](O)[C@H](O)CO)O5)[C@H](O)[C@H](O)C4O)[C@H](O)C3NC(C)=O)[C@H]2O)OC(CO)[C@@H](O[C@@H]2OC(CO[C@]3(C(=O)O)C[C@@H](O)[C@@H](C)C([C@H](O)[C@H](O)CO)O3)[C@H](O)[C@H](O)C2O)[C@@H]1O. The molecule has 4 amide bonds. The molecular formula is C83H138N4O59. The summed E-state index contributed by atoms with van der Waals surface area (Å²) in [7, 11) is 0. The molecule has 11 saturated heterocycles. The first-order valence-corrected chi connectivity index (χ1v) is 46.9. The highest BCUT2D eigenvalue weighted by Gasteiger charge is 2.64. The number of carbonyl (C=O) groups is 6. The molecule has 844 valence electrons. The van der Waals surface area contributed by atoms with Crippen molar-refractivity contribution in [3.63, 3.8) is 0 Å². The molecular weight excluding hydrogens is 2000 g/mol. The molecule has 21 unspecified atom stereocenters. The number of nitrogens with one attached hydrogen (secondary N) is 4.